The van der Waals surface area contributed by atoms with Crippen molar-refractivity contribution < 1.29 is 24.6 Å². The lowest BCUT2D eigenvalue weighted by molar-refractivity contribution is -0.144. The Labute approximate surface area is 73.7 Å². The number of nitrogens with two attached hydrogens (primary N) is 1. The third-order valence-corrected chi connectivity index (χ3v) is 1.19. The van der Waals surface area contributed by atoms with Crippen LogP contribution >= 0.6 is 0 Å². The van der Waals surface area contributed by atoms with Gasteiger partial charge in [0.25, 0.3) is 0 Å². The maximum Gasteiger partial charge on any atom is 0.312 e. The first-order chi connectivity index (χ1) is 5.93. The Morgan fingerprint density at radius 2 is 1.69 bits per heavy atom. The van der Waals surface area contributed by atoms with E-state index in [4.69, 9.17) is 16.1 Å². The fourth-order valence-corrected chi connectivity index (χ4v) is 0.572. The van der Waals surface area contributed by atoms with Gasteiger partial charge in [-0.1, -0.05) is 0 Å². The molecule has 0 bridgehead atoms. The first-order valence-electron chi connectivity index (χ1n) is 3.42. The largest absolute Gasteiger partial charge is 0.481 e. The Bertz CT molecular complexity index is 227. The van der Waals surface area contributed by atoms with E-state index in [1.165, 1.54) is 0 Å². The van der Waals surface area contributed by atoms with E-state index in [0.29, 0.717) is 5.01 Å². The third-order valence-electron chi connectivity index (χ3n) is 1.19. The molecule has 0 fully saturated rings. The van der Waals surface area contributed by atoms with Crippen LogP contribution < -0.4 is 5.84 Å². The van der Waals surface area contributed by atoms with Crippen molar-refractivity contribution in [1.29, 1.82) is 0 Å². The highest BCUT2D eigenvalue weighted by Gasteiger charge is 2.14. The van der Waals surface area contributed by atoms with Crippen molar-refractivity contribution in [3.63, 3.8) is 0 Å². The molecule has 0 aliphatic rings. The molecule has 7 nitrogen and oxygen atoms in total. The van der Waals surface area contributed by atoms with Gasteiger partial charge in [0.2, 0.25) is 5.91 Å². The lowest BCUT2D eigenvalue weighted by Crippen LogP contribution is -2.39. The van der Waals surface area contributed by atoms with Crippen LogP contribution in [0.5, 0.6) is 0 Å². The van der Waals surface area contributed by atoms with Gasteiger partial charge in [-0.25, -0.2) is 5.84 Å². The zero-order valence-electron chi connectivity index (χ0n) is 6.77. The van der Waals surface area contributed by atoms with Crippen molar-refractivity contribution in [3.8, 4) is 0 Å². The average Bonchev–Trinajstić information content (AvgIpc) is 1.98. The molecule has 0 atom stereocenters. The summed E-state index contributed by atoms with van der Waals surface area (Å²) in [7, 11) is 0. The summed E-state index contributed by atoms with van der Waals surface area (Å²) in [6.07, 6.45) is -1.03. The Hall–Kier alpha value is -1.63. The van der Waals surface area contributed by atoms with Gasteiger partial charge >= 0.3 is 11.9 Å². The highest BCUT2D eigenvalue weighted by Crippen LogP contribution is 1.90. The molecule has 0 aromatic carbocycles. The number of hydrogen-bond acceptors (Lipinski definition) is 4. The van der Waals surface area contributed by atoms with Crippen LogP contribution in [-0.4, -0.2) is 39.6 Å². The van der Waals surface area contributed by atoms with Crippen LogP contribution in [0.4, 0.5) is 0 Å². The van der Waals surface area contributed by atoms with Crippen LogP contribution in [0.2, 0.25) is 0 Å². The van der Waals surface area contributed by atoms with E-state index in [0.717, 1.165) is 0 Å². The molecule has 0 spiro atoms. The van der Waals surface area contributed by atoms with E-state index < -0.39 is 24.3 Å². The van der Waals surface area contributed by atoms with Crippen LogP contribution in [0.25, 0.3) is 0 Å². The van der Waals surface area contributed by atoms with Crippen LogP contribution in [-0.2, 0) is 14.4 Å². The monoisotopic (exact) mass is 190 g/mol. The average molecular weight is 190 g/mol. The Morgan fingerprint density at radius 3 is 2.08 bits per heavy atom. The quantitative estimate of drug-likeness (QED) is 0.213. The van der Waals surface area contributed by atoms with Gasteiger partial charge in [0.1, 0.15) is 6.42 Å². The molecule has 1 amide bonds. The smallest absolute Gasteiger partial charge is 0.312 e. The molecule has 0 unspecified atom stereocenters. The summed E-state index contributed by atoms with van der Waals surface area (Å²) < 4.78 is 0. The summed E-state index contributed by atoms with van der Waals surface area (Å²) in [5.41, 5.74) is 0. The van der Waals surface area contributed by atoms with Crippen molar-refractivity contribution in [2.24, 2.45) is 5.84 Å². The number of hydrogen-bond donors (Lipinski definition) is 3. The number of aliphatic carboxylic acids is 2. The third kappa shape index (κ3) is 5.62. The van der Waals surface area contributed by atoms with Gasteiger partial charge in [-0.2, -0.15) is 0 Å². The van der Waals surface area contributed by atoms with Crippen LogP contribution in [0, 0.1) is 0 Å². The molecule has 74 valence electrons. The number of hydrazine groups is 1. The molecule has 0 aromatic rings. The summed E-state index contributed by atoms with van der Waals surface area (Å²) in [5.74, 6) is 1.87. The van der Waals surface area contributed by atoms with Gasteiger partial charge in [0, 0.05) is 6.54 Å². The summed E-state index contributed by atoms with van der Waals surface area (Å²) >= 11 is 0. The molecule has 0 aromatic heterocycles. The normalized spacial score (nSPS) is 9.31. The van der Waals surface area contributed by atoms with Gasteiger partial charge in [0.05, 0.1) is 6.42 Å². The summed E-state index contributed by atoms with van der Waals surface area (Å²) in [5, 5.41) is 17.0. The lowest BCUT2D eigenvalue weighted by Gasteiger charge is -2.13. The second-order valence-corrected chi connectivity index (χ2v) is 2.30. The first-order valence-corrected chi connectivity index (χ1v) is 3.42. The van der Waals surface area contributed by atoms with Gasteiger partial charge in [-0.05, 0) is 0 Å². The van der Waals surface area contributed by atoms with Crippen molar-refractivity contribution in [2.75, 3.05) is 6.54 Å². The van der Waals surface area contributed by atoms with Crippen molar-refractivity contribution >= 4 is 17.8 Å². The summed E-state index contributed by atoms with van der Waals surface area (Å²) in [4.78, 5) is 30.9. The van der Waals surface area contributed by atoms with Gasteiger partial charge in [-0.3, -0.25) is 19.4 Å². The molecule has 0 saturated heterocycles. The fraction of sp³-hybridized carbons (Fsp3) is 0.500. The number of nitrogens with zero attached hydrogens (tertiary/aromatic N) is 1. The summed E-state index contributed by atoms with van der Waals surface area (Å²) in [6, 6.07) is 0. The van der Waals surface area contributed by atoms with Crippen LogP contribution in [0.3, 0.4) is 0 Å². The Kier molecular flexibility index (Phi) is 4.45. The number of rotatable bonds is 5. The van der Waals surface area contributed by atoms with Crippen molar-refractivity contribution in [1.82, 2.24) is 5.01 Å². The highest BCUT2D eigenvalue weighted by atomic mass is 16.4. The minimum absolute atomic E-state index is 0.193. The minimum Gasteiger partial charge on any atom is -0.481 e. The van der Waals surface area contributed by atoms with Crippen molar-refractivity contribution in [2.45, 2.75) is 12.8 Å². The number of amides is 1. The summed E-state index contributed by atoms with van der Waals surface area (Å²) in [6.45, 7) is -0.193. The first kappa shape index (κ1) is 11.4. The van der Waals surface area contributed by atoms with E-state index in [2.05, 4.69) is 0 Å². The second kappa shape index (κ2) is 5.09. The molecule has 0 aliphatic heterocycles. The number of carbonyl (C=O) groups is 3. The molecule has 0 rings (SSSR count). The SMILES string of the molecule is NN(CCC(=O)O)C(=O)CC(=O)O. The Morgan fingerprint density at radius 1 is 1.15 bits per heavy atom. The number of carboxylic acid groups (broad SMARTS) is 2. The molecule has 0 aliphatic carbocycles. The van der Waals surface area contributed by atoms with E-state index in [9.17, 15) is 14.4 Å². The van der Waals surface area contributed by atoms with E-state index in [1.54, 1.807) is 0 Å². The molecule has 0 radical (unpaired) electrons. The van der Waals surface area contributed by atoms with Gasteiger partial charge in [0.15, 0.2) is 0 Å². The molecule has 0 saturated carbocycles. The fourth-order valence-electron chi connectivity index (χ4n) is 0.572. The van der Waals surface area contributed by atoms with Crippen LogP contribution in [0.1, 0.15) is 12.8 Å². The number of carboxylic acids is 2. The Balaban J connectivity index is 3.82. The zero-order chi connectivity index (χ0) is 10.4. The van der Waals surface area contributed by atoms with E-state index >= 15 is 0 Å². The van der Waals surface area contributed by atoms with Crippen LogP contribution in [0.15, 0.2) is 0 Å². The molecular formula is C6H10N2O5. The standard InChI is InChI=1S/C6H10N2O5/c7-8(2-1-5(10)11)4(9)3-6(12)13/h1-3,7H2,(H,10,11)(H,12,13). The minimum atomic E-state index is -1.30. The molecule has 7 heteroatoms. The topological polar surface area (TPSA) is 121 Å². The maximum atomic E-state index is 10.8. The molecule has 13 heavy (non-hydrogen) atoms. The van der Waals surface area contributed by atoms with Crippen molar-refractivity contribution in [3.05, 3.63) is 0 Å². The molecule has 4 N–H and O–H groups in total. The van der Waals surface area contributed by atoms with Gasteiger partial charge in [-0.15, -0.1) is 0 Å². The highest BCUT2D eigenvalue weighted by molar-refractivity contribution is 5.93. The maximum absolute atomic E-state index is 10.8. The second-order valence-electron chi connectivity index (χ2n) is 2.30. The predicted molar refractivity (Wildman–Crippen MR) is 40.4 cm³/mol. The lowest BCUT2D eigenvalue weighted by atomic mass is 10.3. The zero-order valence-corrected chi connectivity index (χ0v) is 6.77. The molecular weight excluding hydrogens is 180 g/mol. The number of carbonyl (C=O) groups excluding carboxylic acids is 1. The van der Waals surface area contributed by atoms with Gasteiger partial charge < -0.3 is 10.2 Å². The molecule has 0 heterocycles. The van der Waals surface area contributed by atoms with E-state index in [1.807, 2.05) is 0 Å². The van der Waals surface area contributed by atoms with E-state index in [-0.39, 0.29) is 13.0 Å². The predicted octanol–water partition coefficient (Wildman–Crippen LogP) is -1.36.